The zero-order valence-electron chi connectivity index (χ0n) is 14.8. The van der Waals surface area contributed by atoms with Gasteiger partial charge in [-0.25, -0.2) is 9.18 Å². The van der Waals surface area contributed by atoms with E-state index in [1.165, 1.54) is 24.3 Å². The predicted molar refractivity (Wildman–Crippen MR) is 94.0 cm³/mol. The Hall–Kier alpha value is -2.69. The number of ether oxygens (including phenoxy) is 1. The van der Waals surface area contributed by atoms with E-state index in [0.29, 0.717) is 5.75 Å². The second-order valence-electron chi connectivity index (χ2n) is 6.34. The lowest BCUT2D eigenvalue weighted by atomic mass is 10.0. The smallest absolute Gasteiger partial charge is 0.334 e. The molecule has 0 fully saturated rings. The highest BCUT2D eigenvalue weighted by molar-refractivity contribution is 5.97. The number of esters is 1. The summed E-state index contributed by atoms with van der Waals surface area (Å²) in [5.41, 5.74) is 1.98. The summed E-state index contributed by atoms with van der Waals surface area (Å²) in [6.07, 6.45) is 0. The Kier molecular flexibility index (Phi) is 5.91. The molecule has 132 valence electrons. The first-order valence-electron chi connectivity index (χ1n) is 8.14. The zero-order chi connectivity index (χ0) is 18.6. The standard InChI is InChI=1S/C20H22FNO3/c1-12(2)17(22-19(23)15-8-10-16(21)11-9-15)20(24)25-18-13(3)6-5-7-14(18)4/h5-12,17H,1-4H3,(H,22,23)/t17-/m0/s1. The minimum absolute atomic E-state index is 0.166. The summed E-state index contributed by atoms with van der Waals surface area (Å²) < 4.78 is 18.5. The van der Waals surface area contributed by atoms with E-state index < -0.39 is 23.7 Å². The molecule has 1 atom stereocenters. The second-order valence-corrected chi connectivity index (χ2v) is 6.34. The Balaban J connectivity index is 2.15. The maximum Gasteiger partial charge on any atom is 0.334 e. The molecule has 0 aromatic heterocycles. The molecule has 0 radical (unpaired) electrons. The van der Waals surface area contributed by atoms with Gasteiger partial charge in [-0.05, 0) is 55.2 Å². The predicted octanol–water partition coefficient (Wildman–Crippen LogP) is 3.80. The van der Waals surface area contributed by atoms with Crippen LogP contribution in [0.4, 0.5) is 4.39 Å². The Morgan fingerprint density at radius 3 is 2.08 bits per heavy atom. The maximum absolute atomic E-state index is 13.0. The van der Waals surface area contributed by atoms with Crippen LogP contribution in [0.3, 0.4) is 0 Å². The van der Waals surface area contributed by atoms with Crippen LogP contribution in [0.2, 0.25) is 0 Å². The molecule has 2 rings (SSSR count). The number of hydrogen-bond donors (Lipinski definition) is 1. The van der Waals surface area contributed by atoms with Crippen LogP contribution < -0.4 is 10.1 Å². The van der Waals surface area contributed by atoms with E-state index in [9.17, 15) is 14.0 Å². The van der Waals surface area contributed by atoms with Crippen molar-refractivity contribution in [3.63, 3.8) is 0 Å². The van der Waals surface area contributed by atoms with Crippen LogP contribution in [-0.2, 0) is 4.79 Å². The largest absolute Gasteiger partial charge is 0.424 e. The number of benzene rings is 2. The lowest BCUT2D eigenvalue weighted by molar-refractivity contribution is -0.137. The van der Waals surface area contributed by atoms with Gasteiger partial charge in [0.25, 0.3) is 5.91 Å². The molecule has 0 aliphatic carbocycles. The molecule has 0 bridgehead atoms. The summed E-state index contributed by atoms with van der Waals surface area (Å²) in [4.78, 5) is 24.9. The molecular weight excluding hydrogens is 321 g/mol. The van der Waals surface area contributed by atoms with Crippen molar-refractivity contribution in [3.05, 3.63) is 65.0 Å². The molecule has 2 aromatic carbocycles. The fourth-order valence-electron chi connectivity index (χ4n) is 2.45. The van der Waals surface area contributed by atoms with E-state index >= 15 is 0 Å². The fourth-order valence-corrected chi connectivity index (χ4v) is 2.45. The van der Waals surface area contributed by atoms with Crippen LogP contribution >= 0.6 is 0 Å². The average Bonchev–Trinajstić information content (AvgIpc) is 2.56. The number of amides is 1. The molecule has 0 aliphatic rings. The van der Waals surface area contributed by atoms with Crippen molar-refractivity contribution < 1.29 is 18.7 Å². The number of rotatable bonds is 5. The number of nitrogens with one attached hydrogen (secondary N) is 1. The van der Waals surface area contributed by atoms with Crippen molar-refractivity contribution >= 4 is 11.9 Å². The van der Waals surface area contributed by atoms with Crippen LogP contribution in [0.5, 0.6) is 5.75 Å². The van der Waals surface area contributed by atoms with E-state index in [0.717, 1.165) is 11.1 Å². The number of hydrogen-bond acceptors (Lipinski definition) is 3. The van der Waals surface area contributed by atoms with Gasteiger partial charge in [0.1, 0.15) is 17.6 Å². The van der Waals surface area contributed by atoms with E-state index in [1.54, 1.807) is 0 Å². The zero-order valence-corrected chi connectivity index (χ0v) is 14.8. The van der Waals surface area contributed by atoms with Gasteiger partial charge in [-0.2, -0.15) is 0 Å². The molecule has 4 nitrogen and oxygen atoms in total. The number of carbonyl (C=O) groups is 2. The molecule has 0 heterocycles. The van der Waals surface area contributed by atoms with Gasteiger partial charge in [0.2, 0.25) is 0 Å². The first kappa shape index (κ1) is 18.6. The number of para-hydroxylation sites is 1. The first-order valence-corrected chi connectivity index (χ1v) is 8.14. The normalized spacial score (nSPS) is 11.9. The van der Waals surface area contributed by atoms with Gasteiger partial charge in [0.05, 0.1) is 0 Å². The van der Waals surface area contributed by atoms with Gasteiger partial charge >= 0.3 is 5.97 Å². The van der Waals surface area contributed by atoms with Crippen molar-refractivity contribution in [2.24, 2.45) is 5.92 Å². The highest BCUT2D eigenvalue weighted by Gasteiger charge is 2.27. The number of halogens is 1. The lowest BCUT2D eigenvalue weighted by Crippen LogP contribution is -2.46. The van der Waals surface area contributed by atoms with Gasteiger partial charge < -0.3 is 10.1 Å². The molecule has 1 N–H and O–H groups in total. The minimum atomic E-state index is -0.809. The molecule has 0 saturated carbocycles. The van der Waals surface area contributed by atoms with Gasteiger partial charge in [0, 0.05) is 5.56 Å². The highest BCUT2D eigenvalue weighted by Crippen LogP contribution is 2.23. The third kappa shape index (κ3) is 4.66. The topological polar surface area (TPSA) is 55.4 Å². The summed E-state index contributed by atoms with van der Waals surface area (Å²) in [7, 11) is 0. The van der Waals surface area contributed by atoms with Crippen molar-refractivity contribution in [2.45, 2.75) is 33.7 Å². The molecule has 0 spiro atoms. The van der Waals surface area contributed by atoms with Gasteiger partial charge in [-0.1, -0.05) is 32.0 Å². The SMILES string of the molecule is Cc1cccc(C)c1OC(=O)[C@@H](NC(=O)c1ccc(F)cc1)C(C)C. The second kappa shape index (κ2) is 7.92. The van der Waals surface area contributed by atoms with E-state index in [-0.39, 0.29) is 11.5 Å². The summed E-state index contributed by atoms with van der Waals surface area (Å²) in [6.45, 7) is 7.36. The van der Waals surface area contributed by atoms with Crippen LogP contribution in [-0.4, -0.2) is 17.9 Å². The van der Waals surface area contributed by atoms with E-state index in [2.05, 4.69) is 5.32 Å². The first-order chi connectivity index (χ1) is 11.8. The maximum atomic E-state index is 13.0. The van der Waals surface area contributed by atoms with Gasteiger partial charge in [-0.15, -0.1) is 0 Å². The van der Waals surface area contributed by atoms with Crippen molar-refractivity contribution in [3.8, 4) is 5.75 Å². The van der Waals surface area contributed by atoms with Crippen molar-refractivity contribution in [1.82, 2.24) is 5.32 Å². The molecule has 5 heteroatoms. The Morgan fingerprint density at radius 2 is 1.56 bits per heavy atom. The van der Waals surface area contributed by atoms with Crippen molar-refractivity contribution in [2.75, 3.05) is 0 Å². The summed E-state index contributed by atoms with van der Waals surface area (Å²) in [5.74, 6) is -1.05. The molecule has 0 unspecified atom stereocenters. The minimum Gasteiger partial charge on any atom is -0.424 e. The quantitative estimate of drug-likeness (QED) is 0.663. The summed E-state index contributed by atoms with van der Waals surface area (Å²) in [5, 5.41) is 2.68. The monoisotopic (exact) mass is 343 g/mol. The molecular formula is C20H22FNO3. The summed E-state index contributed by atoms with van der Waals surface area (Å²) >= 11 is 0. The molecule has 25 heavy (non-hydrogen) atoms. The van der Waals surface area contributed by atoms with Crippen molar-refractivity contribution in [1.29, 1.82) is 0 Å². The third-order valence-corrected chi connectivity index (χ3v) is 3.93. The molecule has 0 saturated heterocycles. The Labute approximate surface area is 147 Å². The molecule has 1 amide bonds. The lowest BCUT2D eigenvalue weighted by Gasteiger charge is -2.22. The average molecular weight is 343 g/mol. The Morgan fingerprint density at radius 1 is 1.00 bits per heavy atom. The van der Waals surface area contributed by atoms with E-state index in [1.807, 2.05) is 45.9 Å². The van der Waals surface area contributed by atoms with Crippen LogP contribution in [0.25, 0.3) is 0 Å². The van der Waals surface area contributed by atoms with E-state index in [4.69, 9.17) is 4.74 Å². The van der Waals surface area contributed by atoms with Crippen LogP contribution in [0.1, 0.15) is 35.3 Å². The fraction of sp³-hybridized carbons (Fsp3) is 0.300. The number of aryl methyl sites for hydroxylation is 2. The summed E-state index contributed by atoms with van der Waals surface area (Å²) in [6, 6.07) is 9.95. The highest BCUT2D eigenvalue weighted by atomic mass is 19.1. The third-order valence-electron chi connectivity index (χ3n) is 3.93. The molecule has 0 aliphatic heterocycles. The molecule has 2 aromatic rings. The van der Waals surface area contributed by atoms with Gasteiger partial charge in [-0.3, -0.25) is 4.79 Å². The van der Waals surface area contributed by atoms with Gasteiger partial charge in [0.15, 0.2) is 0 Å². The number of carbonyl (C=O) groups excluding carboxylic acids is 2. The van der Waals surface area contributed by atoms with Crippen LogP contribution in [0, 0.1) is 25.6 Å². The van der Waals surface area contributed by atoms with Crippen LogP contribution in [0.15, 0.2) is 42.5 Å². The Bertz CT molecular complexity index is 749.